The number of nitrogens with one attached hydrogen (secondary N) is 1. The van der Waals surface area contributed by atoms with Crippen LogP contribution in [0.3, 0.4) is 0 Å². The van der Waals surface area contributed by atoms with E-state index in [9.17, 15) is 4.79 Å². The van der Waals surface area contributed by atoms with E-state index in [-0.39, 0.29) is 17.6 Å². The molecular weight excluding hydrogens is 214 g/mol. The van der Waals surface area contributed by atoms with Gasteiger partial charge in [-0.2, -0.15) is 0 Å². The molecule has 0 amide bonds. The molecule has 0 saturated carbocycles. The van der Waals surface area contributed by atoms with E-state index in [0.29, 0.717) is 6.42 Å². The van der Waals surface area contributed by atoms with E-state index in [1.165, 1.54) is 18.2 Å². The second kappa shape index (κ2) is 4.49. The number of rotatable bonds is 2. The lowest BCUT2D eigenvalue weighted by Gasteiger charge is -2.38. The lowest BCUT2D eigenvalue weighted by Crippen LogP contribution is -2.48. The lowest BCUT2D eigenvalue weighted by molar-refractivity contribution is -0.141. The van der Waals surface area contributed by atoms with E-state index in [1.807, 2.05) is 6.07 Å². The maximum Gasteiger partial charge on any atom is 0.307 e. The largest absolute Gasteiger partial charge is 0.469 e. The number of esters is 1. The van der Waals surface area contributed by atoms with Crippen LogP contribution in [0, 0.1) is 0 Å². The van der Waals surface area contributed by atoms with Gasteiger partial charge in [-0.3, -0.25) is 4.79 Å². The van der Waals surface area contributed by atoms with Crippen molar-refractivity contribution >= 4 is 5.97 Å². The molecule has 1 aromatic carbocycles. The first kappa shape index (κ1) is 12.1. The molecule has 0 fully saturated rings. The van der Waals surface area contributed by atoms with Gasteiger partial charge in [0.1, 0.15) is 0 Å². The average Bonchev–Trinajstić information content (AvgIpc) is 2.27. The zero-order chi connectivity index (χ0) is 12.5. The summed E-state index contributed by atoms with van der Waals surface area (Å²) in [6, 6.07) is 8.36. The Bertz CT molecular complexity index is 426. The van der Waals surface area contributed by atoms with Gasteiger partial charge in [0.2, 0.25) is 0 Å². The summed E-state index contributed by atoms with van der Waals surface area (Å²) < 4.78 is 4.76. The summed E-state index contributed by atoms with van der Waals surface area (Å²) in [6.07, 6.45) is 1.37. The lowest BCUT2D eigenvalue weighted by atomic mass is 9.83. The smallest absolute Gasteiger partial charge is 0.307 e. The molecule has 0 spiro atoms. The Morgan fingerprint density at radius 3 is 2.88 bits per heavy atom. The average molecular weight is 233 g/mol. The van der Waals surface area contributed by atoms with Crippen molar-refractivity contribution in [2.75, 3.05) is 7.11 Å². The molecule has 1 aromatic rings. The van der Waals surface area contributed by atoms with E-state index in [4.69, 9.17) is 4.74 Å². The maximum atomic E-state index is 11.4. The minimum atomic E-state index is -0.171. The van der Waals surface area contributed by atoms with Gasteiger partial charge in [-0.1, -0.05) is 24.3 Å². The fourth-order valence-corrected chi connectivity index (χ4v) is 2.52. The zero-order valence-electron chi connectivity index (χ0n) is 10.6. The van der Waals surface area contributed by atoms with E-state index < -0.39 is 0 Å². The zero-order valence-corrected chi connectivity index (χ0v) is 10.6. The highest BCUT2D eigenvalue weighted by Gasteiger charge is 2.32. The highest BCUT2D eigenvalue weighted by molar-refractivity contribution is 5.70. The van der Waals surface area contributed by atoms with Crippen LogP contribution in [0.5, 0.6) is 0 Å². The summed E-state index contributed by atoms with van der Waals surface area (Å²) >= 11 is 0. The number of hydrogen-bond donors (Lipinski definition) is 1. The number of methoxy groups -OCH3 is 1. The standard InChI is InChI=1S/C14H19NO2/c1-14(2)9-10-6-4-5-7-11(10)12(15-14)8-13(16)17-3/h4-7,12,15H,8-9H2,1-3H3. The second-order valence-electron chi connectivity index (χ2n) is 5.24. The molecule has 2 rings (SSSR count). The Labute approximate surface area is 102 Å². The third kappa shape index (κ3) is 2.67. The molecule has 0 bridgehead atoms. The first-order valence-electron chi connectivity index (χ1n) is 5.94. The molecule has 0 saturated heterocycles. The van der Waals surface area contributed by atoms with Crippen LogP contribution in [0.25, 0.3) is 0 Å². The number of benzene rings is 1. The van der Waals surface area contributed by atoms with E-state index in [1.54, 1.807) is 0 Å². The SMILES string of the molecule is COC(=O)CC1NC(C)(C)Cc2ccccc21. The second-order valence-corrected chi connectivity index (χ2v) is 5.24. The van der Waals surface area contributed by atoms with Gasteiger partial charge in [-0.25, -0.2) is 0 Å². The van der Waals surface area contributed by atoms with Crippen molar-refractivity contribution in [3.05, 3.63) is 35.4 Å². The third-order valence-electron chi connectivity index (χ3n) is 3.23. The summed E-state index contributed by atoms with van der Waals surface area (Å²) in [6.45, 7) is 4.32. The predicted octanol–water partition coefficient (Wildman–Crippen LogP) is 2.22. The van der Waals surface area contributed by atoms with Crippen molar-refractivity contribution in [3.8, 4) is 0 Å². The van der Waals surface area contributed by atoms with Gasteiger partial charge < -0.3 is 10.1 Å². The molecule has 1 heterocycles. The normalized spacial score (nSPS) is 21.7. The van der Waals surface area contributed by atoms with Crippen molar-refractivity contribution in [2.45, 2.75) is 38.3 Å². The molecule has 92 valence electrons. The molecular formula is C14H19NO2. The highest BCUT2D eigenvalue weighted by Crippen LogP contribution is 2.31. The Morgan fingerprint density at radius 2 is 2.18 bits per heavy atom. The molecule has 17 heavy (non-hydrogen) atoms. The van der Waals surface area contributed by atoms with Crippen molar-refractivity contribution in [1.82, 2.24) is 5.32 Å². The number of hydrogen-bond acceptors (Lipinski definition) is 3. The van der Waals surface area contributed by atoms with Crippen molar-refractivity contribution in [3.63, 3.8) is 0 Å². The molecule has 1 aliphatic rings. The van der Waals surface area contributed by atoms with Gasteiger partial charge in [-0.05, 0) is 31.4 Å². The van der Waals surface area contributed by atoms with Crippen LogP contribution >= 0.6 is 0 Å². The van der Waals surface area contributed by atoms with Gasteiger partial charge >= 0.3 is 5.97 Å². The van der Waals surface area contributed by atoms with Crippen LogP contribution in [0.15, 0.2) is 24.3 Å². The number of carbonyl (C=O) groups is 1. The summed E-state index contributed by atoms with van der Waals surface area (Å²) in [7, 11) is 1.43. The molecule has 1 atom stereocenters. The van der Waals surface area contributed by atoms with Crippen LogP contribution < -0.4 is 5.32 Å². The minimum Gasteiger partial charge on any atom is -0.469 e. The molecule has 1 unspecified atom stereocenters. The van der Waals surface area contributed by atoms with Crippen LogP contribution in [0.1, 0.15) is 37.4 Å². The van der Waals surface area contributed by atoms with E-state index >= 15 is 0 Å². The fraction of sp³-hybridized carbons (Fsp3) is 0.500. The highest BCUT2D eigenvalue weighted by atomic mass is 16.5. The summed E-state index contributed by atoms with van der Waals surface area (Å²) in [5, 5.41) is 3.51. The summed E-state index contributed by atoms with van der Waals surface area (Å²) in [5.74, 6) is -0.171. The third-order valence-corrected chi connectivity index (χ3v) is 3.23. The van der Waals surface area contributed by atoms with Gasteiger partial charge in [-0.15, -0.1) is 0 Å². The maximum absolute atomic E-state index is 11.4. The minimum absolute atomic E-state index is 0.0209. The Kier molecular flexibility index (Phi) is 3.20. The number of carbonyl (C=O) groups excluding carboxylic acids is 1. The predicted molar refractivity (Wildman–Crippen MR) is 66.7 cm³/mol. The van der Waals surface area contributed by atoms with Crippen molar-refractivity contribution in [1.29, 1.82) is 0 Å². The summed E-state index contributed by atoms with van der Waals surface area (Å²) in [5.41, 5.74) is 2.56. The Morgan fingerprint density at radius 1 is 1.47 bits per heavy atom. The van der Waals surface area contributed by atoms with Crippen LogP contribution in [0.4, 0.5) is 0 Å². The molecule has 3 heteroatoms. The molecule has 1 N–H and O–H groups in total. The Balaban J connectivity index is 2.29. The quantitative estimate of drug-likeness (QED) is 0.796. The van der Waals surface area contributed by atoms with Gasteiger partial charge in [0, 0.05) is 11.6 Å². The van der Waals surface area contributed by atoms with Crippen molar-refractivity contribution < 1.29 is 9.53 Å². The van der Waals surface area contributed by atoms with E-state index in [2.05, 4.69) is 37.4 Å². The molecule has 3 nitrogen and oxygen atoms in total. The topological polar surface area (TPSA) is 38.3 Å². The van der Waals surface area contributed by atoms with Gasteiger partial charge in [0.25, 0.3) is 0 Å². The van der Waals surface area contributed by atoms with Gasteiger partial charge in [0.15, 0.2) is 0 Å². The first-order valence-corrected chi connectivity index (χ1v) is 5.94. The van der Waals surface area contributed by atoms with Crippen molar-refractivity contribution in [2.24, 2.45) is 0 Å². The first-order chi connectivity index (χ1) is 8.02. The molecule has 0 aliphatic carbocycles. The van der Waals surface area contributed by atoms with Gasteiger partial charge in [0.05, 0.1) is 13.5 Å². The molecule has 1 aliphatic heterocycles. The number of fused-ring (bicyclic) bond motifs is 1. The monoisotopic (exact) mass is 233 g/mol. The molecule has 0 radical (unpaired) electrons. The Hall–Kier alpha value is -1.35. The van der Waals surface area contributed by atoms with Crippen LogP contribution in [0.2, 0.25) is 0 Å². The fourth-order valence-electron chi connectivity index (χ4n) is 2.52. The number of ether oxygens (including phenoxy) is 1. The van der Waals surface area contributed by atoms with Crippen LogP contribution in [-0.4, -0.2) is 18.6 Å². The molecule has 0 aromatic heterocycles. The summed E-state index contributed by atoms with van der Waals surface area (Å²) in [4.78, 5) is 11.4. The van der Waals surface area contributed by atoms with Crippen LogP contribution in [-0.2, 0) is 16.0 Å². The van der Waals surface area contributed by atoms with E-state index in [0.717, 1.165) is 6.42 Å².